The summed E-state index contributed by atoms with van der Waals surface area (Å²) in [6, 6.07) is 4.53. The first-order valence-electron chi connectivity index (χ1n) is 11.0. The van der Waals surface area contributed by atoms with Crippen LogP contribution in [0.4, 0.5) is 0 Å². The van der Waals surface area contributed by atoms with Gasteiger partial charge in [-0.2, -0.15) is 0 Å². The van der Waals surface area contributed by atoms with Gasteiger partial charge in [-0.1, -0.05) is 13.8 Å². The summed E-state index contributed by atoms with van der Waals surface area (Å²) in [7, 11) is 1.71. The molecule has 29 heavy (non-hydrogen) atoms. The summed E-state index contributed by atoms with van der Waals surface area (Å²) in [6.45, 7) is 12.5. The Kier molecular flexibility index (Phi) is 5.37. The molecule has 5 heteroatoms. The molecule has 0 amide bonds. The zero-order valence-electron chi connectivity index (χ0n) is 18.8. The second-order valence-electron chi connectivity index (χ2n) is 10.8. The van der Waals surface area contributed by atoms with Crippen molar-refractivity contribution in [1.29, 1.82) is 0 Å². The van der Waals surface area contributed by atoms with Gasteiger partial charge in [-0.15, -0.1) is 0 Å². The molecule has 0 radical (unpaired) electrons. The third-order valence-corrected chi connectivity index (χ3v) is 6.56. The summed E-state index contributed by atoms with van der Waals surface area (Å²) in [4.78, 5) is 2.46. The molecule has 0 unspecified atom stereocenters. The fourth-order valence-corrected chi connectivity index (χ4v) is 5.25. The number of hydrogen-bond acceptors (Lipinski definition) is 5. The zero-order valence-corrected chi connectivity index (χ0v) is 18.8. The van der Waals surface area contributed by atoms with Crippen LogP contribution in [0.3, 0.4) is 0 Å². The molecule has 1 aromatic rings. The number of hydrogen-bond donors (Lipinski definition) is 1. The fraction of sp³-hybridized carbons (Fsp3) is 0.750. The molecule has 1 aliphatic carbocycles. The molecule has 2 heterocycles. The van der Waals surface area contributed by atoms with Crippen molar-refractivity contribution < 1.29 is 19.3 Å². The van der Waals surface area contributed by atoms with Crippen LogP contribution in [0.25, 0.3) is 0 Å². The van der Waals surface area contributed by atoms with Crippen molar-refractivity contribution in [3.05, 3.63) is 23.3 Å². The van der Waals surface area contributed by atoms with Crippen LogP contribution in [0.15, 0.2) is 12.1 Å². The Hall–Kier alpha value is -1.30. The molecule has 1 aromatic carbocycles. The van der Waals surface area contributed by atoms with Gasteiger partial charge in [-0.3, -0.25) is 4.90 Å². The Labute approximate surface area is 175 Å². The van der Waals surface area contributed by atoms with E-state index in [9.17, 15) is 5.11 Å². The van der Waals surface area contributed by atoms with E-state index >= 15 is 0 Å². The lowest BCUT2D eigenvalue weighted by molar-refractivity contribution is -0.149. The highest BCUT2D eigenvalue weighted by Crippen LogP contribution is 2.46. The van der Waals surface area contributed by atoms with Gasteiger partial charge in [0, 0.05) is 19.1 Å². The van der Waals surface area contributed by atoms with Crippen molar-refractivity contribution in [2.24, 2.45) is 5.41 Å². The third-order valence-electron chi connectivity index (χ3n) is 6.56. The van der Waals surface area contributed by atoms with Crippen molar-refractivity contribution in [3.63, 3.8) is 0 Å². The van der Waals surface area contributed by atoms with Gasteiger partial charge in [0.2, 0.25) is 0 Å². The van der Waals surface area contributed by atoms with Crippen LogP contribution < -0.4 is 9.47 Å². The summed E-state index contributed by atoms with van der Waals surface area (Å²) >= 11 is 0. The number of piperidine rings is 1. The van der Waals surface area contributed by atoms with Crippen LogP contribution >= 0.6 is 0 Å². The number of nitrogens with zero attached hydrogens (tertiary/aromatic N) is 1. The van der Waals surface area contributed by atoms with E-state index in [1.807, 2.05) is 20.8 Å². The van der Waals surface area contributed by atoms with Crippen molar-refractivity contribution in [3.8, 4) is 11.5 Å². The molecule has 2 aliphatic heterocycles. The average molecular weight is 404 g/mol. The predicted molar refractivity (Wildman–Crippen MR) is 114 cm³/mol. The number of rotatable bonds is 4. The molecule has 3 aliphatic rings. The second kappa shape index (κ2) is 7.44. The van der Waals surface area contributed by atoms with E-state index < -0.39 is 6.10 Å². The van der Waals surface area contributed by atoms with Crippen LogP contribution in [-0.4, -0.2) is 54.1 Å². The summed E-state index contributed by atoms with van der Waals surface area (Å²) in [6.07, 6.45) is 3.54. The average Bonchev–Trinajstić information content (AvgIpc) is 2.59. The Balaban J connectivity index is 1.53. The maximum atomic E-state index is 10.8. The molecular formula is C24H37NO4. The van der Waals surface area contributed by atoms with Gasteiger partial charge in [-0.25, -0.2) is 0 Å². The molecule has 2 fully saturated rings. The van der Waals surface area contributed by atoms with Gasteiger partial charge in [0.15, 0.2) is 11.5 Å². The molecule has 1 N–H and O–H groups in total. The highest BCUT2D eigenvalue weighted by molar-refractivity contribution is 5.50. The van der Waals surface area contributed by atoms with Crippen LogP contribution in [0, 0.1) is 5.41 Å². The maximum absolute atomic E-state index is 10.8. The largest absolute Gasteiger partial charge is 0.493 e. The summed E-state index contributed by atoms with van der Waals surface area (Å²) in [5.74, 6) is 1.67. The van der Waals surface area contributed by atoms with Crippen molar-refractivity contribution in [1.82, 2.24) is 4.90 Å². The van der Waals surface area contributed by atoms with Gasteiger partial charge in [0.25, 0.3) is 0 Å². The van der Waals surface area contributed by atoms with Crippen molar-refractivity contribution in [2.75, 3.05) is 20.2 Å². The minimum Gasteiger partial charge on any atom is -0.493 e. The normalized spacial score (nSPS) is 29.6. The maximum Gasteiger partial charge on any atom is 0.161 e. The van der Waals surface area contributed by atoms with Crippen LogP contribution in [0.5, 0.6) is 11.5 Å². The van der Waals surface area contributed by atoms with Crippen LogP contribution in [-0.2, 0) is 11.2 Å². The number of ether oxygens (including phenoxy) is 3. The highest BCUT2D eigenvalue weighted by Gasteiger charge is 2.41. The van der Waals surface area contributed by atoms with E-state index in [4.69, 9.17) is 14.2 Å². The summed E-state index contributed by atoms with van der Waals surface area (Å²) in [5.41, 5.74) is 2.72. The number of benzene rings is 1. The molecule has 162 valence electrons. The number of fused-ring (bicyclic) bond motifs is 3. The lowest BCUT2D eigenvalue weighted by atomic mass is 9.70. The first-order valence-corrected chi connectivity index (χ1v) is 11.0. The van der Waals surface area contributed by atoms with E-state index in [0.29, 0.717) is 11.8 Å². The first-order chi connectivity index (χ1) is 13.5. The van der Waals surface area contributed by atoms with Crippen LogP contribution in [0.2, 0.25) is 0 Å². The smallest absolute Gasteiger partial charge is 0.161 e. The Bertz CT molecular complexity index is 746. The van der Waals surface area contributed by atoms with E-state index in [1.165, 1.54) is 11.1 Å². The van der Waals surface area contributed by atoms with Gasteiger partial charge >= 0.3 is 0 Å². The van der Waals surface area contributed by atoms with E-state index in [0.717, 1.165) is 43.9 Å². The summed E-state index contributed by atoms with van der Waals surface area (Å²) < 4.78 is 18.1. The third kappa shape index (κ3) is 4.42. The molecular weight excluding hydrogens is 366 g/mol. The zero-order chi connectivity index (χ0) is 21.0. The minimum atomic E-state index is -0.458. The molecule has 0 bridgehead atoms. The molecule has 0 aromatic heterocycles. The van der Waals surface area contributed by atoms with Gasteiger partial charge in [0.1, 0.15) is 0 Å². The molecule has 1 saturated heterocycles. The van der Waals surface area contributed by atoms with E-state index in [-0.39, 0.29) is 23.9 Å². The second-order valence-corrected chi connectivity index (χ2v) is 10.8. The number of aliphatic hydroxyl groups is 1. The fourth-order valence-electron chi connectivity index (χ4n) is 5.25. The Morgan fingerprint density at radius 3 is 2.48 bits per heavy atom. The van der Waals surface area contributed by atoms with Crippen LogP contribution in [0.1, 0.15) is 71.0 Å². The van der Waals surface area contributed by atoms with Gasteiger partial charge in [-0.05, 0) is 75.1 Å². The van der Waals surface area contributed by atoms with Gasteiger partial charge < -0.3 is 19.3 Å². The molecule has 1 saturated carbocycles. The molecule has 5 nitrogen and oxygen atoms in total. The van der Waals surface area contributed by atoms with E-state index in [1.54, 1.807) is 7.11 Å². The molecule has 0 spiro atoms. The topological polar surface area (TPSA) is 51.2 Å². The Morgan fingerprint density at radius 2 is 1.86 bits per heavy atom. The lowest BCUT2D eigenvalue weighted by Gasteiger charge is -2.47. The Morgan fingerprint density at radius 1 is 1.14 bits per heavy atom. The SMILES string of the molecule is COc1cc2c(cc1OC1CC(C)(C)C1)CCN1C[C@@H](OC(C)(C)C)[C@H](O)C[C@H]21. The number of aliphatic hydroxyl groups excluding tert-OH is 1. The summed E-state index contributed by atoms with van der Waals surface area (Å²) in [5, 5.41) is 10.8. The first kappa shape index (κ1) is 21.0. The lowest BCUT2D eigenvalue weighted by Crippen LogP contribution is -2.53. The van der Waals surface area contributed by atoms with Gasteiger partial charge in [0.05, 0.1) is 31.0 Å². The minimum absolute atomic E-state index is 0.140. The monoisotopic (exact) mass is 403 g/mol. The van der Waals surface area contributed by atoms with Crippen molar-refractivity contribution in [2.45, 2.75) is 90.3 Å². The predicted octanol–water partition coefficient (Wildman–Crippen LogP) is 4.11. The van der Waals surface area contributed by atoms with Crippen molar-refractivity contribution >= 4 is 0 Å². The standard InChI is InChI=1S/C24H37NO4/c1-23(2,3)29-22-14-25-8-7-15-9-21(28-16-12-24(4,5)13-16)20(27-6)10-17(15)18(25)11-19(22)26/h9-10,16,18-19,22,26H,7-8,11-14H2,1-6H3/t18-,19-,22-/m1/s1. The molecule has 3 atom stereocenters. The highest BCUT2D eigenvalue weighted by atomic mass is 16.5. The number of methoxy groups -OCH3 is 1. The van der Waals surface area contributed by atoms with E-state index in [2.05, 4.69) is 30.9 Å². The quantitative estimate of drug-likeness (QED) is 0.820. The molecule has 4 rings (SSSR count).